The molecule has 0 fully saturated rings. The number of anilines is 1. The van der Waals surface area contributed by atoms with Crippen LogP contribution in [0, 0.1) is 0 Å². The molecule has 0 N–H and O–H groups in total. The molecule has 0 aliphatic carbocycles. The van der Waals surface area contributed by atoms with Crippen LogP contribution in [0.2, 0.25) is 0 Å². The summed E-state index contributed by atoms with van der Waals surface area (Å²) in [5.74, 6) is 0. The third kappa shape index (κ3) is 5.20. The van der Waals surface area contributed by atoms with Gasteiger partial charge in [0, 0.05) is 46.2 Å². The average Bonchev–Trinajstić information content (AvgIpc) is 3.19. The molecule has 0 radical (unpaired) electrons. The highest BCUT2D eigenvalue weighted by Gasteiger charge is 2.09. The van der Waals surface area contributed by atoms with E-state index in [0.29, 0.717) is 0 Å². The molecule has 0 atom stereocenters. The van der Waals surface area contributed by atoms with Crippen LogP contribution >= 0.6 is 11.3 Å². The molecule has 142 valence electrons. The predicted molar refractivity (Wildman–Crippen MR) is 118 cm³/mol. The van der Waals surface area contributed by atoms with E-state index in [1.807, 2.05) is 11.3 Å². The summed E-state index contributed by atoms with van der Waals surface area (Å²) in [6, 6.07) is 18.0. The van der Waals surface area contributed by atoms with E-state index in [4.69, 9.17) is 0 Å². The lowest BCUT2D eigenvalue weighted by Crippen LogP contribution is -2.25. The number of thiophene rings is 1. The standard InChI is InChI=1S/C24H31N2S/c1-4-6-16-26(17-7-5-2)22-10-8-20(9-11-22)23-12-13-24(27-23)21-14-18-25(3)19-15-21/h8-15,18-19H,4-7,16-17H2,1-3H3/q+1. The molecule has 3 heteroatoms. The van der Waals surface area contributed by atoms with Gasteiger partial charge in [0.05, 0.1) is 0 Å². The molecular formula is C24H31N2S+. The zero-order chi connectivity index (χ0) is 19.1. The predicted octanol–water partition coefficient (Wildman–Crippen LogP) is 6.31. The number of aryl methyl sites for hydroxylation is 1. The Morgan fingerprint density at radius 2 is 1.26 bits per heavy atom. The molecule has 27 heavy (non-hydrogen) atoms. The highest BCUT2D eigenvalue weighted by atomic mass is 32.1. The first kappa shape index (κ1) is 19.6. The van der Waals surface area contributed by atoms with Crippen molar-refractivity contribution >= 4 is 17.0 Å². The molecule has 0 bridgehead atoms. The van der Waals surface area contributed by atoms with Crippen LogP contribution in [0.25, 0.3) is 20.9 Å². The van der Waals surface area contributed by atoms with Crippen LogP contribution in [0.15, 0.2) is 60.9 Å². The SMILES string of the molecule is CCCCN(CCCC)c1ccc(-c2ccc(-c3cc[n+](C)cc3)s2)cc1. The summed E-state index contributed by atoms with van der Waals surface area (Å²) in [4.78, 5) is 5.20. The van der Waals surface area contributed by atoms with E-state index in [2.05, 4.69) is 91.3 Å². The van der Waals surface area contributed by atoms with Gasteiger partial charge in [-0.25, -0.2) is 4.57 Å². The van der Waals surface area contributed by atoms with Crippen LogP contribution in [-0.4, -0.2) is 13.1 Å². The highest BCUT2D eigenvalue weighted by molar-refractivity contribution is 7.18. The van der Waals surface area contributed by atoms with Crippen molar-refractivity contribution < 1.29 is 4.57 Å². The van der Waals surface area contributed by atoms with Crippen LogP contribution < -0.4 is 9.47 Å². The van der Waals surface area contributed by atoms with Gasteiger partial charge in [-0.1, -0.05) is 38.8 Å². The lowest BCUT2D eigenvalue weighted by molar-refractivity contribution is -0.671. The summed E-state index contributed by atoms with van der Waals surface area (Å²) in [6.45, 7) is 6.85. The van der Waals surface area contributed by atoms with Gasteiger partial charge >= 0.3 is 0 Å². The molecule has 1 aromatic carbocycles. The van der Waals surface area contributed by atoms with Crippen molar-refractivity contribution in [3.8, 4) is 20.9 Å². The largest absolute Gasteiger partial charge is 0.372 e. The van der Waals surface area contributed by atoms with E-state index in [1.54, 1.807) is 0 Å². The molecule has 3 aromatic rings. The Bertz CT molecular complexity index is 810. The first-order valence-electron chi connectivity index (χ1n) is 10.1. The fraction of sp³-hybridized carbons (Fsp3) is 0.375. The number of hydrogen-bond donors (Lipinski definition) is 0. The summed E-state index contributed by atoms with van der Waals surface area (Å²) < 4.78 is 2.07. The summed E-state index contributed by atoms with van der Waals surface area (Å²) in [5.41, 5.74) is 3.95. The number of unbranched alkanes of at least 4 members (excludes halogenated alkanes) is 2. The minimum atomic E-state index is 1.16. The van der Waals surface area contributed by atoms with E-state index in [1.165, 1.54) is 52.3 Å². The lowest BCUT2D eigenvalue weighted by Gasteiger charge is -2.24. The number of nitrogens with zero attached hydrogens (tertiary/aromatic N) is 2. The van der Waals surface area contributed by atoms with Gasteiger partial charge in [-0.05, 0) is 42.7 Å². The summed E-state index contributed by atoms with van der Waals surface area (Å²) in [5, 5.41) is 0. The molecule has 0 saturated carbocycles. The second-order valence-electron chi connectivity index (χ2n) is 7.16. The molecule has 0 unspecified atom stereocenters. The van der Waals surface area contributed by atoms with Crippen LogP contribution in [0.5, 0.6) is 0 Å². The summed E-state index contributed by atoms with van der Waals surface area (Å²) >= 11 is 1.86. The van der Waals surface area contributed by atoms with E-state index >= 15 is 0 Å². The zero-order valence-corrected chi connectivity index (χ0v) is 17.6. The van der Waals surface area contributed by atoms with E-state index in [9.17, 15) is 0 Å². The minimum absolute atomic E-state index is 1.16. The van der Waals surface area contributed by atoms with E-state index < -0.39 is 0 Å². The number of hydrogen-bond acceptors (Lipinski definition) is 2. The molecule has 3 rings (SSSR count). The molecule has 0 amide bonds. The van der Waals surface area contributed by atoms with Gasteiger partial charge < -0.3 is 4.90 Å². The monoisotopic (exact) mass is 379 g/mol. The van der Waals surface area contributed by atoms with Crippen molar-refractivity contribution in [3.05, 3.63) is 60.9 Å². The first-order chi connectivity index (χ1) is 13.2. The maximum Gasteiger partial charge on any atom is 0.169 e. The Hall–Kier alpha value is -2.13. The molecule has 0 aliphatic heterocycles. The fourth-order valence-corrected chi connectivity index (χ4v) is 4.23. The molecular weight excluding hydrogens is 348 g/mol. The topological polar surface area (TPSA) is 7.12 Å². The van der Waals surface area contributed by atoms with E-state index in [-0.39, 0.29) is 0 Å². The number of benzene rings is 1. The Morgan fingerprint density at radius 3 is 1.78 bits per heavy atom. The zero-order valence-electron chi connectivity index (χ0n) is 16.8. The minimum Gasteiger partial charge on any atom is -0.372 e. The third-order valence-corrected chi connectivity index (χ3v) is 6.13. The second-order valence-corrected chi connectivity index (χ2v) is 8.24. The number of rotatable bonds is 9. The van der Waals surface area contributed by atoms with Crippen molar-refractivity contribution in [3.63, 3.8) is 0 Å². The van der Waals surface area contributed by atoms with Crippen molar-refractivity contribution in [1.29, 1.82) is 0 Å². The second kappa shape index (κ2) is 9.70. The lowest BCUT2D eigenvalue weighted by atomic mass is 10.1. The van der Waals surface area contributed by atoms with Crippen molar-refractivity contribution in [2.24, 2.45) is 7.05 Å². The Labute approximate surface area is 168 Å². The smallest absolute Gasteiger partial charge is 0.169 e. The van der Waals surface area contributed by atoms with Crippen molar-refractivity contribution in [1.82, 2.24) is 0 Å². The van der Waals surface area contributed by atoms with Gasteiger partial charge in [-0.15, -0.1) is 11.3 Å². The van der Waals surface area contributed by atoms with Crippen molar-refractivity contribution in [2.45, 2.75) is 39.5 Å². The summed E-state index contributed by atoms with van der Waals surface area (Å²) in [6.07, 6.45) is 9.21. The third-order valence-electron chi connectivity index (χ3n) is 4.95. The highest BCUT2D eigenvalue weighted by Crippen LogP contribution is 2.34. The number of pyridine rings is 1. The van der Waals surface area contributed by atoms with E-state index in [0.717, 1.165) is 13.1 Å². The van der Waals surface area contributed by atoms with Gasteiger partial charge in [0.25, 0.3) is 0 Å². The quantitative estimate of drug-likeness (QED) is 0.395. The van der Waals surface area contributed by atoms with Gasteiger partial charge in [-0.2, -0.15) is 0 Å². The van der Waals surface area contributed by atoms with Gasteiger partial charge in [0.15, 0.2) is 12.4 Å². The molecule has 0 spiro atoms. The molecule has 0 saturated heterocycles. The number of aromatic nitrogens is 1. The maximum absolute atomic E-state index is 2.54. The maximum atomic E-state index is 2.54. The molecule has 0 aliphatic rings. The molecule has 2 aromatic heterocycles. The molecule has 2 nitrogen and oxygen atoms in total. The molecule has 2 heterocycles. The van der Waals surface area contributed by atoms with Crippen LogP contribution in [0.3, 0.4) is 0 Å². The Morgan fingerprint density at radius 1 is 0.741 bits per heavy atom. The Balaban J connectivity index is 1.75. The first-order valence-corrected chi connectivity index (χ1v) is 10.9. The fourth-order valence-electron chi connectivity index (χ4n) is 3.22. The normalized spacial score (nSPS) is 10.9. The van der Waals surface area contributed by atoms with Crippen LogP contribution in [0.4, 0.5) is 5.69 Å². The van der Waals surface area contributed by atoms with Gasteiger partial charge in [0.1, 0.15) is 7.05 Å². The van der Waals surface area contributed by atoms with Gasteiger partial charge in [-0.3, -0.25) is 0 Å². The van der Waals surface area contributed by atoms with Gasteiger partial charge in [0.2, 0.25) is 0 Å². The average molecular weight is 380 g/mol. The van der Waals surface area contributed by atoms with Crippen molar-refractivity contribution in [2.75, 3.05) is 18.0 Å². The Kier molecular flexibility index (Phi) is 7.05. The summed E-state index contributed by atoms with van der Waals surface area (Å²) in [7, 11) is 2.05. The van der Waals surface area contributed by atoms with Crippen LogP contribution in [0.1, 0.15) is 39.5 Å². The van der Waals surface area contributed by atoms with Crippen LogP contribution in [-0.2, 0) is 7.05 Å².